The van der Waals surface area contributed by atoms with E-state index in [0.717, 1.165) is 24.7 Å². The second-order valence-corrected chi connectivity index (χ2v) is 3.87. The average molecular weight is 218 g/mol. The van der Waals surface area contributed by atoms with Gasteiger partial charge in [0.2, 0.25) is 0 Å². The molecule has 1 unspecified atom stereocenters. The summed E-state index contributed by atoms with van der Waals surface area (Å²) in [5.74, 6) is -0.488. The number of carbonyl (C=O) groups is 1. The highest BCUT2D eigenvalue weighted by Gasteiger charge is 2.29. The predicted molar refractivity (Wildman–Crippen MR) is 60.2 cm³/mol. The molecule has 0 saturated heterocycles. The van der Waals surface area contributed by atoms with Crippen molar-refractivity contribution in [2.75, 3.05) is 7.11 Å². The van der Waals surface area contributed by atoms with Gasteiger partial charge in [-0.3, -0.25) is 0 Å². The van der Waals surface area contributed by atoms with Crippen LogP contribution < -0.4 is 0 Å². The summed E-state index contributed by atoms with van der Waals surface area (Å²) in [5, 5.41) is 9.15. The lowest BCUT2D eigenvalue weighted by molar-refractivity contribution is -0.136. The standard InChI is InChI=1S/C13H14O3/c1-16-13(15)12(8-14)11-7-6-9-4-2-3-5-10(9)11/h2-5,8,11,14H,6-7H2,1H3/b12-8+. The molecule has 0 saturated carbocycles. The molecule has 84 valence electrons. The van der Waals surface area contributed by atoms with Gasteiger partial charge in [-0.25, -0.2) is 4.79 Å². The van der Waals surface area contributed by atoms with Crippen molar-refractivity contribution in [3.8, 4) is 0 Å². The lowest BCUT2D eigenvalue weighted by Gasteiger charge is -2.12. The number of ether oxygens (including phenoxy) is 1. The van der Waals surface area contributed by atoms with Gasteiger partial charge in [-0.15, -0.1) is 0 Å². The molecule has 1 N–H and O–H groups in total. The quantitative estimate of drug-likeness (QED) is 0.471. The zero-order valence-corrected chi connectivity index (χ0v) is 9.14. The Morgan fingerprint density at radius 3 is 2.94 bits per heavy atom. The van der Waals surface area contributed by atoms with Gasteiger partial charge in [0.1, 0.15) is 0 Å². The van der Waals surface area contributed by atoms with Crippen molar-refractivity contribution in [1.82, 2.24) is 0 Å². The van der Waals surface area contributed by atoms with Gasteiger partial charge in [0.15, 0.2) is 0 Å². The minimum atomic E-state index is -0.454. The minimum absolute atomic E-state index is 0.0337. The predicted octanol–water partition coefficient (Wildman–Crippen LogP) is 2.33. The number of carbonyl (C=O) groups excluding carboxylic acids is 1. The Kier molecular flexibility index (Phi) is 2.95. The van der Waals surface area contributed by atoms with Crippen molar-refractivity contribution < 1.29 is 14.6 Å². The molecule has 3 heteroatoms. The third-order valence-corrected chi connectivity index (χ3v) is 3.07. The van der Waals surface area contributed by atoms with Crippen LogP contribution in [0.25, 0.3) is 0 Å². The van der Waals surface area contributed by atoms with Gasteiger partial charge in [-0.1, -0.05) is 24.3 Å². The minimum Gasteiger partial charge on any atom is -0.515 e. The van der Waals surface area contributed by atoms with Crippen LogP contribution in [0.1, 0.15) is 23.5 Å². The number of esters is 1. The number of benzene rings is 1. The van der Waals surface area contributed by atoms with Gasteiger partial charge in [-0.2, -0.15) is 0 Å². The highest BCUT2D eigenvalue weighted by molar-refractivity contribution is 5.90. The second kappa shape index (κ2) is 4.39. The first-order valence-electron chi connectivity index (χ1n) is 5.28. The van der Waals surface area contributed by atoms with Crippen LogP contribution >= 0.6 is 0 Å². The van der Waals surface area contributed by atoms with Crippen LogP contribution in [0.15, 0.2) is 36.1 Å². The monoisotopic (exact) mass is 218 g/mol. The van der Waals surface area contributed by atoms with E-state index in [2.05, 4.69) is 10.8 Å². The van der Waals surface area contributed by atoms with E-state index in [1.54, 1.807) is 0 Å². The summed E-state index contributed by atoms with van der Waals surface area (Å²) in [4.78, 5) is 11.5. The van der Waals surface area contributed by atoms with Gasteiger partial charge < -0.3 is 9.84 Å². The lowest BCUT2D eigenvalue weighted by Crippen LogP contribution is -2.11. The Morgan fingerprint density at radius 1 is 1.50 bits per heavy atom. The highest BCUT2D eigenvalue weighted by Crippen LogP contribution is 2.38. The van der Waals surface area contributed by atoms with E-state index >= 15 is 0 Å². The summed E-state index contributed by atoms with van der Waals surface area (Å²) in [5.41, 5.74) is 2.71. The van der Waals surface area contributed by atoms with Crippen LogP contribution in [0.2, 0.25) is 0 Å². The zero-order chi connectivity index (χ0) is 11.5. The number of rotatable bonds is 2. The first-order chi connectivity index (χ1) is 7.77. The summed E-state index contributed by atoms with van der Waals surface area (Å²) in [7, 11) is 1.33. The van der Waals surface area contributed by atoms with E-state index in [0.29, 0.717) is 5.57 Å². The molecular weight excluding hydrogens is 204 g/mol. The molecule has 3 nitrogen and oxygen atoms in total. The maximum Gasteiger partial charge on any atom is 0.337 e. The SMILES string of the molecule is COC(=O)/C(=C/O)C1CCc2ccccc21. The van der Waals surface area contributed by atoms with Crippen molar-refractivity contribution in [2.45, 2.75) is 18.8 Å². The van der Waals surface area contributed by atoms with Crippen LogP contribution in [0.5, 0.6) is 0 Å². The Morgan fingerprint density at radius 2 is 2.25 bits per heavy atom. The first-order valence-corrected chi connectivity index (χ1v) is 5.28. The fraction of sp³-hybridized carbons (Fsp3) is 0.308. The summed E-state index contributed by atoms with van der Waals surface area (Å²) in [6.07, 6.45) is 2.66. The van der Waals surface area contributed by atoms with Crippen LogP contribution in [-0.4, -0.2) is 18.2 Å². The Labute approximate surface area is 94.4 Å². The number of hydrogen-bond acceptors (Lipinski definition) is 3. The van der Waals surface area contributed by atoms with Gasteiger partial charge in [0.05, 0.1) is 18.9 Å². The van der Waals surface area contributed by atoms with Gasteiger partial charge in [0.25, 0.3) is 0 Å². The second-order valence-electron chi connectivity index (χ2n) is 3.87. The number of aliphatic hydroxyl groups excluding tert-OH is 1. The fourth-order valence-corrected chi connectivity index (χ4v) is 2.28. The number of fused-ring (bicyclic) bond motifs is 1. The van der Waals surface area contributed by atoms with E-state index in [-0.39, 0.29) is 5.92 Å². The number of hydrogen-bond donors (Lipinski definition) is 1. The Balaban J connectivity index is 2.34. The molecule has 0 amide bonds. The maximum atomic E-state index is 11.5. The van der Waals surface area contributed by atoms with Crippen LogP contribution in [0, 0.1) is 0 Å². The van der Waals surface area contributed by atoms with E-state index in [1.807, 2.05) is 18.2 Å². The molecule has 1 aromatic carbocycles. The topological polar surface area (TPSA) is 46.5 Å². The van der Waals surface area contributed by atoms with Crippen molar-refractivity contribution >= 4 is 5.97 Å². The Bertz CT molecular complexity index is 435. The van der Waals surface area contributed by atoms with E-state index in [9.17, 15) is 4.79 Å². The Hall–Kier alpha value is -1.77. The van der Waals surface area contributed by atoms with Gasteiger partial charge >= 0.3 is 5.97 Å². The molecule has 0 heterocycles. The van der Waals surface area contributed by atoms with Crippen molar-refractivity contribution in [2.24, 2.45) is 0 Å². The summed E-state index contributed by atoms with van der Waals surface area (Å²) >= 11 is 0. The fourth-order valence-electron chi connectivity index (χ4n) is 2.28. The van der Waals surface area contributed by atoms with Gasteiger partial charge in [0, 0.05) is 5.92 Å². The van der Waals surface area contributed by atoms with Crippen molar-refractivity contribution in [3.05, 3.63) is 47.2 Å². The van der Waals surface area contributed by atoms with Crippen LogP contribution in [-0.2, 0) is 16.0 Å². The molecule has 0 aliphatic heterocycles. The summed E-state index contributed by atoms with van der Waals surface area (Å²) < 4.78 is 4.66. The average Bonchev–Trinajstić information content (AvgIpc) is 2.74. The van der Waals surface area contributed by atoms with Crippen molar-refractivity contribution in [1.29, 1.82) is 0 Å². The zero-order valence-electron chi connectivity index (χ0n) is 9.14. The highest BCUT2D eigenvalue weighted by atomic mass is 16.5. The molecule has 1 aromatic rings. The molecule has 0 fully saturated rings. The molecular formula is C13H14O3. The molecule has 1 aliphatic carbocycles. The molecule has 0 spiro atoms. The molecule has 1 aliphatic rings. The lowest BCUT2D eigenvalue weighted by atomic mass is 9.93. The van der Waals surface area contributed by atoms with E-state index in [4.69, 9.17) is 5.11 Å². The third-order valence-electron chi connectivity index (χ3n) is 3.07. The molecule has 16 heavy (non-hydrogen) atoms. The number of methoxy groups -OCH3 is 1. The molecule has 0 bridgehead atoms. The summed E-state index contributed by atoms with van der Waals surface area (Å²) in [6.45, 7) is 0. The number of aryl methyl sites for hydroxylation is 1. The maximum absolute atomic E-state index is 11.5. The molecule has 1 atom stereocenters. The smallest absolute Gasteiger partial charge is 0.337 e. The summed E-state index contributed by atoms with van der Waals surface area (Å²) in [6, 6.07) is 7.99. The van der Waals surface area contributed by atoms with Gasteiger partial charge in [-0.05, 0) is 24.0 Å². The first kappa shape index (κ1) is 10.7. The third kappa shape index (κ3) is 1.69. The number of aliphatic hydroxyl groups is 1. The van der Waals surface area contributed by atoms with Crippen LogP contribution in [0.4, 0.5) is 0 Å². The largest absolute Gasteiger partial charge is 0.515 e. The van der Waals surface area contributed by atoms with E-state index < -0.39 is 5.97 Å². The van der Waals surface area contributed by atoms with Crippen molar-refractivity contribution in [3.63, 3.8) is 0 Å². The molecule has 0 radical (unpaired) electrons. The van der Waals surface area contributed by atoms with E-state index in [1.165, 1.54) is 12.7 Å². The molecule has 2 rings (SSSR count). The molecule has 0 aromatic heterocycles. The van der Waals surface area contributed by atoms with Crippen LogP contribution in [0.3, 0.4) is 0 Å². The normalized spacial score (nSPS) is 19.3.